The molecule has 0 fully saturated rings. The minimum atomic E-state index is -0.141. The zero-order valence-electron chi connectivity index (χ0n) is 27.1. The van der Waals surface area contributed by atoms with Crippen molar-refractivity contribution in [2.45, 2.75) is 52.8 Å². The Balaban J connectivity index is 0. The van der Waals surface area contributed by atoms with Gasteiger partial charge in [-0.15, -0.1) is 0 Å². The summed E-state index contributed by atoms with van der Waals surface area (Å²) >= 11 is 6.37. The van der Waals surface area contributed by atoms with E-state index in [1.54, 1.807) is 6.07 Å². The molecule has 2 heterocycles. The number of benzene rings is 2. The fourth-order valence-corrected chi connectivity index (χ4v) is 4.20. The third-order valence-corrected chi connectivity index (χ3v) is 5.71. The first-order chi connectivity index (χ1) is 19.9. The molecule has 0 radical (unpaired) electrons. The quantitative estimate of drug-likeness (QED) is 0.309. The molecule has 0 unspecified atom stereocenters. The lowest BCUT2D eigenvalue weighted by Gasteiger charge is -2.14. The van der Waals surface area contributed by atoms with Gasteiger partial charge in [0.25, 0.3) is 5.89 Å². The van der Waals surface area contributed by atoms with E-state index in [-0.39, 0.29) is 13.5 Å². The van der Waals surface area contributed by atoms with Gasteiger partial charge in [-0.05, 0) is 63.1 Å². The highest BCUT2D eigenvalue weighted by atomic mass is 35.5. The average Bonchev–Trinajstić information content (AvgIpc) is 3.66. The topological polar surface area (TPSA) is 77.7 Å². The second kappa shape index (κ2) is 10.4. The van der Waals surface area contributed by atoms with Crippen molar-refractivity contribution in [3.05, 3.63) is 52.5 Å². The molecule has 0 spiro atoms. The maximum absolute atomic E-state index is 11.6. The SMILES string of the molecule is CCOC(=O)CCCN1Cc2cccc(-c3noc(-c4ccc(OC(C)C)c(Cl)c4)n3)c2C1.[2HH].[2H][2H].[2H][2H].[2H][2H].[2H][2H]. The van der Waals surface area contributed by atoms with E-state index in [1.807, 2.05) is 45.0 Å². The molecular weight excluding hydrogens is 442 g/mol. The molecule has 4 rings (SSSR count). The smallest absolute Gasteiger partial charge is 0.305 e. The zero-order valence-corrected chi connectivity index (χ0v) is 19.9. The van der Waals surface area contributed by atoms with Gasteiger partial charge in [-0.2, -0.15) is 4.98 Å². The molecule has 7 nitrogen and oxygen atoms in total. The van der Waals surface area contributed by atoms with E-state index in [4.69, 9.17) is 37.5 Å². The number of fused-ring (bicyclic) bond motifs is 1. The lowest BCUT2D eigenvalue weighted by molar-refractivity contribution is -0.143. The number of hydrogen-bond acceptors (Lipinski definition) is 7. The van der Waals surface area contributed by atoms with Gasteiger partial charge >= 0.3 is 5.97 Å². The summed E-state index contributed by atoms with van der Waals surface area (Å²) in [4.78, 5) is 18.6. The molecule has 1 aromatic heterocycles. The van der Waals surface area contributed by atoms with Crippen LogP contribution in [-0.2, 0) is 22.6 Å². The van der Waals surface area contributed by atoms with Gasteiger partial charge in [0, 0.05) is 43.9 Å². The van der Waals surface area contributed by atoms with Gasteiger partial charge in [0.1, 0.15) is 5.75 Å². The molecular formula is C25H38ClN3O4. The van der Waals surface area contributed by atoms with Crippen molar-refractivity contribution in [2.75, 3.05) is 13.2 Å². The summed E-state index contributed by atoms with van der Waals surface area (Å²) in [6.45, 7) is 8.60. The van der Waals surface area contributed by atoms with Crippen molar-refractivity contribution in [2.24, 2.45) is 0 Å². The molecule has 0 amide bonds. The predicted molar refractivity (Wildman–Crippen MR) is 136 cm³/mol. The molecule has 0 aliphatic carbocycles. The van der Waals surface area contributed by atoms with Gasteiger partial charge < -0.3 is 14.0 Å². The fourth-order valence-electron chi connectivity index (χ4n) is 3.97. The molecule has 0 atom stereocenters. The average molecular weight is 489 g/mol. The molecule has 0 saturated heterocycles. The molecule has 0 N–H and O–H groups in total. The summed E-state index contributed by atoms with van der Waals surface area (Å²) in [5.41, 5.74) is 4.14. The number of nitrogens with zero attached hydrogens (tertiary/aromatic N) is 3. The summed E-state index contributed by atoms with van der Waals surface area (Å²) in [6.07, 6.45) is 1.24. The van der Waals surface area contributed by atoms with E-state index in [2.05, 4.69) is 21.1 Å². The lowest BCUT2D eigenvalue weighted by Crippen LogP contribution is -2.19. The van der Waals surface area contributed by atoms with E-state index < -0.39 is 0 Å². The number of aromatic nitrogens is 2. The van der Waals surface area contributed by atoms with E-state index >= 15 is 0 Å². The number of hydrogen-bond donors (Lipinski definition) is 0. The molecule has 1 aliphatic rings. The lowest BCUT2D eigenvalue weighted by atomic mass is 10.0. The van der Waals surface area contributed by atoms with Crippen molar-refractivity contribution in [3.8, 4) is 28.6 Å². The molecule has 33 heavy (non-hydrogen) atoms. The number of carbonyl (C=O) groups is 1. The van der Waals surface area contributed by atoms with E-state index in [0.29, 0.717) is 35.5 Å². The second-order valence-corrected chi connectivity index (χ2v) is 8.70. The van der Waals surface area contributed by atoms with Crippen LogP contribution in [0.3, 0.4) is 0 Å². The van der Waals surface area contributed by atoms with Crippen molar-refractivity contribution >= 4 is 17.6 Å². The number of carbonyl (C=O) groups excluding carboxylic acids is 1. The predicted octanol–water partition coefficient (Wildman–Crippen LogP) is 6.73. The Labute approximate surface area is 212 Å². The Morgan fingerprint density at radius 2 is 2.15 bits per heavy atom. The summed E-state index contributed by atoms with van der Waals surface area (Å²) < 4.78 is 56.3. The molecule has 3 aromatic rings. The van der Waals surface area contributed by atoms with Crippen LogP contribution >= 0.6 is 11.6 Å². The Kier molecular flexibility index (Phi) is 5.81. The first-order valence-electron chi connectivity index (χ1n) is 15.2. The van der Waals surface area contributed by atoms with Gasteiger partial charge in [0.2, 0.25) is 5.82 Å². The summed E-state index contributed by atoms with van der Waals surface area (Å²) in [7, 11) is 0. The first kappa shape index (κ1) is 18.5. The van der Waals surface area contributed by atoms with E-state index in [9.17, 15) is 4.79 Å². The third kappa shape index (κ3) is 5.54. The van der Waals surface area contributed by atoms with Gasteiger partial charge in [0.15, 0.2) is 0 Å². The Morgan fingerprint density at radius 3 is 2.91 bits per heavy atom. The zero-order chi connectivity index (χ0) is 31.4. The van der Waals surface area contributed by atoms with Gasteiger partial charge in [-0.3, -0.25) is 9.69 Å². The van der Waals surface area contributed by atoms with Crippen LogP contribution in [0.15, 0.2) is 40.9 Å². The summed E-state index contributed by atoms with van der Waals surface area (Å²) in [5.74, 6) is 1.44. The van der Waals surface area contributed by atoms with Crippen LogP contribution in [-0.4, -0.2) is 40.3 Å². The van der Waals surface area contributed by atoms with Crippen LogP contribution in [0.4, 0.5) is 0 Å². The Bertz CT molecular complexity index is 1160. The number of ether oxygens (including phenoxy) is 2. The normalized spacial score (nSPS) is 14.3. The molecule has 0 bridgehead atoms. The molecule has 1 aliphatic heterocycles. The van der Waals surface area contributed by atoms with Gasteiger partial charge in [-0.1, -0.05) is 35.0 Å². The first-order valence-corrected chi connectivity index (χ1v) is 11.6. The van der Waals surface area contributed by atoms with Crippen LogP contribution in [0.5, 0.6) is 5.75 Å². The maximum Gasteiger partial charge on any atom is 0.305 e. The van der Waals surface area contributed by atoms with Crippen molar-refractivity contribution in [1.29, 1.82) is 0 Å². The number of esters is 1. The summed E-state index contributed by atoms with van der Waals surface area (Å²) in [5, 5.41) is 4.73. The minimum Gasteiger partial charge on any atom is -0.489 e. The van der Waals surface area contributed by atoms with Crippen LogP contribution in [0.1, 0.15) is 58.0 Å². The van der Waals surface area contributed by atoms with Gasteiger partial charge in [0.05, 0.1) is 17.7 Å². The molecule has 0 saturated carbocycles. The number of rotatable bonds is 9. The van der Waals surface area contributed by atoms with Crippen LogP contribution in [0.2, 0.25) is 5.02 Å². The van der Waals surface area contributed by atoms with Crippen LogP contribution < -0.4 is 4.74 Å². The largest absolute Gasteiger partial charge is 0.489 e. The van der Waals surface area contributed by atoms with Gasteiger partial charge in [-0.25, -0.2) is 0 Å². The second-order valence-electron chi connectivity index (χ2n) is 8.30. The Hall–Kier alpha value is -2.90. The standard InChI is InChI=1S/C25H28ClN3O4.5H2/c1-4-31-23(30)9-6-12-29-14-18-7-5-8-19(20(18)15-29)24-27-25(33-28-24)17-10-11-22(21(26)13-17)32-16(2)3;;;;;/h5,7-8,10-11,13,16H,4,6,9,12,14-15H2,1-3H3;5*1H/i;4*1+1D;1+1. The highest BCUT2D eigenvalue weighted by Gasteiger charge is 2.24. The molecule has 184 valence electrons. The molecule has 8 heteroatoms. The minimum absolute atomic E-state index is 0. The monoisotopic (exact) mass is 488 g/mol. The van der Waals surface area contributed by atoms with Crippen molar-refractivity contribution < 1.29 is 32.1 Å². The van der Waals surface area contributed by atoms with Crippen LogP contribution in [0, 0.1) is 0 Å². The molecule has 2 aromatic carbocycles. The van der Waals surface area contributed by atoms with Crippen molar-refractivity contribution in [3.63, 3.8) is 0 Å². The summed E-state index contributed by atoms with van der Waals surface area (Å²) in [6, 6.07) is 11.6. The highest BCUT2D eigenvalue weighted by molar-refractivity contribution is 6.32. The maximum atomic E-state index is 11.6. The highest BCUT2D eigenvalue weighted by Crippen LogP contribution is 2.34. The van der Waals surface area contributed by atoms with E-state index in [0.717, 1.165) is 37.2 Å². The Morgan fingerprint density at radius 1 is 1.30 bits per heavy atom. The number of halogens is 1. The van der Waals surface area contributed by atoms with E-state index in [1.165, 1.54) is 11.1 Å². The van der Waals surface area contributed by atoms with Crippen LogP contribution in [0.25, 0.3) is 22.8 Å². The van der Waals surface area contributed by atoms with Crippen molar-refractivity contribution in [1.82, 2.24) is 15.0 Å². The fraction of sp³-hybridized carbons (Fsp3) is 0.400. The third-order valence-electron chi connectivity index (χ3n) is 5.42.